The van der Waals surface area contributed by atoms with Gasteiger partial charge in [-0.15, -0.1) is 45.3 Å². The van der Waals surface area contributed by atoms with E-state index < -0.39 is 24.4 Å². The predicted molar refractivity (Wildman–Crippen MR) is 319 cm³/mol. The average Bonchev–Trinajstić information content (AvgIpc) is 4.55. The second-order valence-corrected chi connectivity index (χ2v) is 20.8. The second-order valence-electron chi connectivity index (χ2n) is 17.0. The summed E-state index contributed by atoms with van der Waals surface area (Å²) in [5, 5.41) is 17.2. The molecule has 0 saturated carbocycles. The van der Waals surface area contributed by atoms with Crippen LogP contribution < -0.4 is 21.3 Å². The summed E-state index contributed by atoms with van der Waals surface area (Å²) in [4.78, 5) is 125. The highest BCUT2D eigenvalue weighted by molar-refractivity contribution is 7.13. The molecule has 8 aromatic heterocycles. The highest BCUT2D eigenvalue weighted by atomic mass is 32.1. The first-order valence-electron chi connectivity index (χ1n) is 24.4. The summed E-state index contributed by atoms with van der Waals surface area (Å²) < 4.78 is 18.0. The summed E-state index contributed by atoms with van der Waals surface area (Å²) >= 11 is 5.60. The zero-order valence-corrected chi connectivity index (χ0v) is 47.4. The van der Waals surface area contributed by atoms with Crippen LogP contribution in [0.2, 0.25) is 0 Å². The summed E-state index contributed by atoms with van der Waals surface area (Å²) in [6.45, 7) is 0. The molecule has 8 heterocycles. The van der Waals surface area contributed by atoms with E-state index in [1.165, 1.54) is 73.8 Å². The number of fused-ring (bicyclic) bond motifs is 4. The number of aromatic nitrogens is 8. The second kappa shape index (κ2) is 26.7. The summed E-state index contributed by atoms with van der Waals surface area (Å²) in [5.74, 6) is 0.950. The third-order valence-corrected chi connectivity index (χ3v) is 15.1. The minimum atomic E-state index is -0.607. The number of nitrogens with one attached hydrogen (secondary N) is 8. The molecule has 0 aliphatic rings. The van der Waals surface area contributed by atoms with Gasteiger partial charge in [-0.2, -0.15) is 0 Å². The SMILES string of the molecule is COC(=O)Nc1nc2ccc(C(=O)c3cccs3)cc2[nH]1.COC(=O)Nc1nc2ccc(C(=O)c3cccs3)cc2[nH]1.COC(=O)Nc1nc2ccc(C(=O)c3cccs3)cc2[nH]1.COC(=O)Nc1nc2ccc(C(=O)c3cccs3)cc2[nH]1. The fraction of sp³-hybridized carbons (Fsp3) is 0.0714. The van der Waals surface area contributed by atoms with Crippen molar-refractivity contribution in [3.05, 3.63) is 185 Å². The van der Waals surface area contributed by atoms with Crippen LogP contribution in [-0.4, -0.2) is 116 Å². The van der Waals surface area contributed by atoms with Gasteiger partial charge in [-0.05, 0) is 119 Å². The fourth-order valence-electron chi connectivity index (χ4n) is 7.63. The molecule has 24 nitrogen and oxygen atoms in total. The number of carbonyl (C=O) groups is 8. The van der Waals surface area contributed by atoms with Crippen molar-refractivity contribution in [1.82, 2.24) is 39.9 Å². The molecule has 424 valence electrons. The van der Waals surface area contributed by atoms with E-state index in [1.807, 2.05) is 45.8 Å². The topological polar surface area (TPSA) is 336 Å². The highest BCUT2D eigenvalue weighted by Gasteiger charge is 2.18. The number of H-pyrrole nitrogens is 4. The number of hydrogen-bond acceptors (Lipinski definition) is 20. The van der Waals surface area contributed by atoms with Crippen LogP contribution in [0.4, 0.5) is 43.0 Å². The molecule has 0 bridgehead atoms. The van der Waals surface area contributed by atoms with Gasteiger partial charge in [-0.1, -0.05) is 24.3 Å². The minimum absolute atomic E-state index is 0.0380. The lowest BCUT2D eigenvalue weighted by molar-refractivity contribution is 0.103. The Morgan fingerprint density at radius 1 is 0.333 bits per heavy atom. The zero-order chi connectivity index (χ0) is 59.3. The first-order valence-corrected chi connectivity index (χ1v) is 27.9. The minimum Gasteiger partial charge on any atom is -0.453 e. The van der Waals surface area contributed by atoms with E-state index in [0.29, 0.717) is 85.9 Å². The lowest BCUT2D eigenvalue weighted by Crippen LogP contribution is -2.11. The molecule has 12 rings (SSSR count). The number of imidazole rings is 4. The van der Waals surface area contributed by atoms with Crippen LogP contribution in [0.1, 0.15) is 60.9 Å². The molecule has 0 atom stereocenters. The zero-order valence-electron chi connectivity index (χ0n) is 44.2. The van der Waals surface area contributed by atoms with Gasteiger partial charge in [0.2, 0.25) is 46.9 Å². The third-order valence-electron chi connectivity index (χ3n) is 11.6. The Balaban J connectivity index is 0.000000134. The van der Waals surface area contributed by atoms with Crippen LogP contribution in [0.3, 0.4) is 0 Å². The number of benzene rings is 4. The van der Waals surface area contributed by atoms with Crippen molar-refractivity contribution < 1.29 is 57.3 Å². The van der Waals surface area contributed by atoms with Crippen molar-refractivity contribution >= 4 is 161 Å². The number of anilines is 4. The Morgan fingerprint density at radius 2 is 0.548 bits per heavy atom. The number of hydrogen-bond donors (Lipinski definition) is 8. The van der Waals surface area contributed by atoms with Gasteiger partial charge in [-0.3, -0.25) is 40.4 Å². The molecule has 0 fully saturated rings. The highest BCUT2D eigenvalue weighted by Crippen LogP contribution is 2.25. The molecule has 0 aliphatic heterocycles. The van der Waals surface area contributed by atoms with E-state index in [2.05, 4.69) is 80.1 Å². The molecule has 0 spiro atoms. The molecule has 4 aromatic carbocycles. The number of nitrogens with zero attached hydrogens (tertiary/aromatic N) is 4. The monoisotopic (exact) mass is 1200 g/mol. The number of rotatable bonds is 12. The first-order chi connectivity index (χ1) is 40.7. The molecule has 0 unspecified atom stereocenters. The first kappa shape index (κ1) is 58.0. The summed E-state index contributed by atoms with van der Waals surface area (Å²) in [6, 6.07) is 35.1. The fourth-order valence-corrected chi connectivity index (χ4v) is 10.4. The van der Waals surface area contributed by atoms with E-state index >= 15 is 0 Å². The van der Waals surface area contributed by atoms with Crippen LogP contribution in [-0.2, 0) is 18.9 Å². The van der Waals surface area contributed by atoms with Gasteiger partial charge in [0.15, 0.2) is 0 Å². The van der Waals surface area contributed by atoms with Gasteiger partial charge >= 0.3 is 24.4 Å². The average molecular weight is 1210 g/mol. The number of ketones is 4. The van der Waals surface area contributed by atoms with Crippen LogP contribution in [0.25, 0.3) is 44.1 Å². The summed E-state index contributed by atoms with van der Waals surface area (Å²) in [6.07, 6.45) is -2.43. The maximum atomic E-state index is 12.3. The third kappa shape index (κ3) is 14.2. The normalized spacial score (nSPS) is 10.5. The Kier molecular flexibility index (Phi) is 18.5. The van der Waals surface area contributed by atoms with Gasteiger partial charge in [0, 0.05) is 22.3 Å². The van der Waals surface area contributed by atoms with Crippen molar-refractivity contribution in [3.63, 3.8) is 0 Å². The molecule has 84 heavy (non-hydrogen) atoms. The van der Waals surface area contributed by atoms with E-state index in [1.54, 1.807) is 97.1 Å². The number of amides is 4. The van der Waals surface area contributed by atoms with E-state index in [0.717, 1.165) is 0 Å². The van der Waals surface area contributed by atoms with Crippen LogP contribution >= 0.6 is 45.3 Å². The molecule has 12 aromatic rings. The smallest absolute Gasteiger partial charge is 0.413 e. The lowest BCUT2D eigenvalue weighted by atomic mass is 10.1. The summed E-state index contributed by atoms with van der Waals surface area (Å²) in [5.41, 5.74) is 7.58. The Hall–Kier alpha value is -10.7. The lowest BCUT2D eigenvalue weighted by Gasteiger charge is -1.98. The van der Waals surface area contributed by atoms with Crippen LogP contribution in [0.5, 0.6) is 0 Å². The maximum Gasteiger partial charge on any atom is 0.413 e. The number of ether oxygens (including phenoxy) is 4. The summed E-state index contributed by atoms with van der Waals surface area (Å²) in [7, 11) is 5.09. The molecule has 8 N–H and O–H groups in total. The largest absolute Gasteiger partial charge is 0.453 e. The Labute approximate surface area is 489 Å². The van der Waals surface area contributed by atoms with Gasteiger partial charge in [-0.25, -0.2) is 39.1 Å². The standard InChI is InChI=1S/4C14H11N3O3S/c4*1-20-14(19)17-13-15-9-5-4-8(7-10(9)16-13)12(18)11-3-2-6-21-11/h4*2-7H,1H3,(H2,15,16,17,19). The molecule has 0 radical (unpaired) electrons. The van der Waals surface area contributed by atoms with Gasteiger partial charge in [0.25, 0.3) is 0 Å². The number of methoxy groups -OCH3 is 4. The number of thiophene rings is 4. The van der Waals surface area contributed by atoms with Crippen molar-refractivity contribution in [2.45, 2.75) is 0 Å². The quantitative estimate of drug-likeness (QED) is 0.0416. The van der Waals surface area contributed by atoms with Crippen molar-refractivity contribution in [2.24, 2.45) is 0 Å². The molecule has 0 saturated heterocycles. The van der Waals surface area contributed by atoms with Crippen LogP contribution in [0, 0.1) is 0 Å². The van der Waals surface area contributed by atoms with Gasteiger partial charge in [0.05, 0.1) is 92.1 Å². The Morgan fingerprint density at radius 3 is 0.726 bits per heavy atom. The van der Waals surface area contributed by atoms with Crippen molar-refractivity contribution in [3.8, 4) is 0 Å². The number of carbonyl (C=O) groups excluding carboxylic acids is 8. The van der Waals surface area contributed by atoms with Gasteiger partial charge < -0.3 is 38.9 Å². The van der Waals surface area contributed by atoms with Crippen molar-refractivity contribution in [2.75, 3.05) is 49.7 Å². The molecule has 0 aliphatic carbocycles. The molecule has 4 amide bonds. The van der Waals surface area contributed by atoms with Gasteiger partial charge in [0.1, 0.15) is 0 Å². The molecular weight excluding hydrogens is 1160 g/mol. The van der Waals surface area contributed by atoms with E-state index in [4.69, 9.17) is 0 Å². The Bertz CT molecular complexity index is 3790. The molecule has 28 heteroatoms. The van der Waals surface area contributed by atoms with Crippen molar-refractivity contribution in [1.29, 1.82) is 0 Å². The molecular formula is C56H44N12O12S4. The number of aromatic amines is 4. The maximum absolute atomic E-state index is 12.3. The van der Waals surface area contributed by atoms with E-state index in [9.17, 15) is 38.4 Å². The van der Waals surface area contributed by atoms with E-state index in [-0.39, 0.29) is 46.9 Å². The van der Waals surface area contributed by atoms with Crippen LogP contribution in [0.15, 0.2) is 143 Å². The predicted octanol–water partition coefficient (Wildman–Crippen LogP) is 12.1.